The standard InChI is InChI=1S/C15H15FINO/c1-10(18)8-13-14(16)6-3-7-15(13)19-12-5-2-4-11(17)9-12/h2-7,9-10H,8,18H2,1H3. The Morgan fingerprint density at radius 1 is 1.26 bits per heavy atom. The summed E-state index contributed by atoms with van der Waals surface area (Å²) in [5.74, 6) is 0.947. The first-order valence-electron chi connectivity index (χ1n) is 6.02. The molecule has 4 heteroatoms. The molecule has 2 aromatic carbocycles. The molecule has 2 aromatic rings. The van der Waals surface area contributed by atoms with Crippen molar-refractivity contribution in [2.24, 2.45) is 5.73 Å². The van der Waals surface area contributed by atoms with Gasteiger partial charge in [-0.15, -0.1) is 0 Å². The molecule has 2 N–H and O–H groups in total. The van der Waals surface area contributed by atoms with Crippen LogP contribution >= 0.6 is 22.6 Å². The molecule has 0 aliphatic rings. The highest BCUT2D eigenvalue weighted by molar-refractivity contribution is 14.1. The summed E-state index contributed by atoms with van der Waals surface area (Å²) >= 11 is 2.21. The van der Waals surface area contributed by atoms with Crippen LogP contribution in [0.4, 0.5) is 4.39 Å². The van der Waals surface area contributed by atoms with Crippen molar-refractivity contribution in [3.63, 3.8) is 0 Å². The van der Waals surface area contributed by atoms with Crippen LogP contribution < -0.4 is 10.5 Å². The fraction of sp³-hybridized carbons (Fsp3) is 0.200. The third kappa shape index (κ3) is 3.91. The van der Waals surface area contributed by atoms with E-state index in [1.807, 2.05) is 31.2 Å². The van der Waals surface area contributed by atoms with Crippen molar-refractivity contribution in [1.29, 1.82) is 0 Å². The van der Waals surface area contributed by atoms with Gasteiger partial charge in [0.05, 0.1) is 0 Å². The van der Waals surface area contributed by atoms with Crippen LogP contribution in [0, 0.1) is 9.39 Å². The first-order valence-corrected chi connectivity index (χ1v) is 7.10. The van der Waals surface area contributed by atoms with E-state index in [2.05, 4.69) is 22.6 Å². The van der Waals surface area contributed by atoms with Crippen molar-refractivity contribution >= 4 is 22.6 Å². The molecule has 1 unspecified atom stereocenters. The van der Waals surface area contributed by atoms with E-state index in [1.165, 1.54) is 6.07 Å². The van der Waals surface area contributed by atoms with Crippen LogP contribution in [0.25, 0.3) is 0 Å². The summed E-state index contributed by atoms with van der Waals surface area (Å²) in [6.45, 7) is 1.85. The minimum Gasteiger partial charge on any atom is -0.457 e. The van der Waals surface area contributed by atoms with E-state index < -0.39 is 0 Å². The number of hydrogen-bond donors (Lipinski definition) is 1. The molecule has 100 valence electrons. The molecular weight excluding hydrogens is 356 g/mol. The van der Waals surface area contributed by atoms with E-state index in [0.29, 0.717) is 23.5 Å². The molecule has 2 rings (SSSR count). The lowest BCUT2D eigenvalue weighted by Gasteiger charge is -2.13. The van der Waals surface area contributed by atoms with Gasteiger partial charge in [0.1, 0.15) is 17.3 Å². The molecule has 0 aliphatic carbocycles. The number of ether oxygens (including phenoxy) is 1. The number of rotatable bonds is 4. The molecule has 0 aliphatic heterocycles. The Morgan fingerprint density at radius 2 is 2.00 bits per heavy atom. The average molecular weight is 371 g/mol. The van der Waals surface area contributed by atoms with E-state index in [0.717, 1.165) is 3.57 Å². The first kappa shape index (κ1) is 14.3. The van der Waals surface area contributed by atoms with Crippen LogP contribution in [0.3, 0.4) is 0 Å². The molecule has 0 saturated heterocycles. The zero-order valence-electron chi connectivity index (χ0n) is 10.6. The minimum atomic E-state index is -0.277. The van der Waals surface area contributed by atoms with Gasteiger partial charge in [0.2, 0.25) is 0 Å². The Hall–Kier alpha value is -1.14. The van der Waals surface area contributed by atoms with Gasteiger partial charge in [-0.2, -0.15) is 0 Å². The van der Waals surface area contributed by atoms with E-state index in [-0.39, 0.29) is 11.9 Å². The SMILES string of the molecule is CC(N)Cc1c(F)cccc1Oc1cccc(I)c1. The molecule has 0 radical (unpaired) electrons. The summed E-state index contributed by atoms with van der Waals surface area (Å²) in [5, 5.41) is 0. The van der Waals surface area contributed by atoms with Crippen molar-refractivity contribution in [1.82, 2.24) is 0 Å². The lowest BCUT2D eigenvalue weighted by atomic mass is 10.1. The monoisotopic (exact) mass is 371 g/mol. The lowest BCUT2D eigenvalue weighted by molar-refractivity contribution is 0.463. The van der Waals surface area contributed by atoms with Crippen molar-refractivity contribution in [2.75, 3.05) is 0 Å². The van der Waals surface area contributed by atoms with E-state index in [9.17, 15) is 4.39 Å². The van der Waals surface area contributed by atoms with Crippen LogP contribution in [-0.2, 0) is 6.42 Å². The number of hydrogen-bond acceptors (Lipinski definition) is 2. The highest BCUT2D eigenvalue weighted by atomic mass is 127. The summed E-state index contributed by atoms with van der Waals surface area (Å²) in [6, 6.07) is 12.4. The molecule has 0 spiro atoms. The summed E-state index contributed by atoms with van der Waals surface area (Å²) in [4.78, 5) is 0. The third-order valence-electron chi connectivity index (χ3n) is 2.63. The van der Waals surface area contributed by atoms with Gasteiger partial charge in [-0.05, 0) is 66.3 Å². The van der Waals surface area contributed by atoms with Gasteiger partial charge in [-0.25, -0.2) is 4.39 Å². The molecule has 0 saturated carbocycles. The number of nitrogens with two attached hydrogens (primary N) is 1. The van der Waals surface area contributed by atoms with E-state index in [4.69, 9.17) is 10.5 Å². The molecular formula is C15H15FINO. The highest BCUT2D eigenvalue weighted by Gasteiger charge is 2.12. The largest absolute Gasteiger partial charge is 0.457 e. The number of halogens is 2. The molecule has 0 amide bonds. The van der Waals surface area contributed by atoms with Crippen LogP contribution in [0.15, 0.2) is 42.5 Å². The molecule has 0 bridgehead atoms. The van der Waals surface area contributed by atoms with Gasteiger partial charge in [0.15, 0.2) is 0 Å². The van der Waals surface area contributed by atoms with Gasteiger partial charge in [-0.1, -0.05) is 12.1 Å². The summed E-state index contributed by atoms with van der Waals surface area (Å²) in [6.07, 6.45) is 0.450. The lowest BCUT2D eigenvalue weighted by Crippen LogP contribution is -2.19. The van der Waals surface area contributed by atoms with Crippen LogP contribution in [0.2, 0.25) is 0 Å². The Balaban J connectivity index is 2.31. The topological polar surface area (TPSA) is 35.2 Å². The van der Waals surface area contributed by atoms with E-state index in [1.54, 1.807) is 12.1 Å². The van der Waals surface area contributed by atoms with Gasteiger partial charge < -0.3 is 10.5 Å². The van der Waals surface area contributed by atoms with Crippen LogP contribution in [0.5, 0.6) is 11.5 Å². The maximum Gasteiger partial charge on any atom is 0.133 e. The predicted molar refractivity (Wildman–Crippen MR) is 83.0 cm³/mol. The normalized spacial score (nSPS) is 12.2. The van der Waals surface area contributed by atoms with Crippen molar-refractivity contribution in [3.05, 3.63) is 57.4 Å². The quantitative estimate of drug-likeness (QED) is 0.821. The molecule has 19 heavy (non-hydrogen) atoms. The number of benzene rings is 2. The fourth-order valence-electron chi connectivity index (χ4n) is 1.81. The molecule has 2 nitrogen and oxygen atoms in total. The Bertz CT molecular complexity index is 572. The van der Waals surface area contributed by atoms with Crippen molar-refractivity contribution in [2.45, 2.75) is 19.4 Å². The first-order chi connectivity index (χ1) is 9.06. The second-order valence-corrected chi connectivity index (χ2v) is 5.70. The molecule has 1 atom stereocenters. The van der Waals surface area contributed by atoms with Crippen LogP contribution in [-0.4, -0.2) is 6.04 Å². The van der Waals surface area contributed by atoms with Gasteiger partial charge in [0.25, 0.3) is 0 Å². The van der Waals surface area contributed by atoms with Crippen molar-refractivity contribution in [3.8, 4) is 11.5 Å². The molecule has 0 aromatic heterocycles. The Kier molecular flexibility index (Phi) is 4.76. The van der Waals surface area contributed by atoms with Gasteiger partial charge in [0, 0.05) is 15.2 Å². The molecule has 0 fully saturated rings. The maximum atomic E-state index is 13.9. The van der Waals surface area contributed by atoms with E-state index >= 15 is 0 Å². The minimum absolute atomic E-state index is 0.116. The maximum absolute atomic E-state index is 13.9. The summed E-state index contributed by atoms with van der Waals surface area (Å²) in [5.41, 5.74) is 6.28. The van der Waals surface area contributed by atoms with Gasteiger partial charge in [-0.3, -0.25) is 0 Å². The molecule has 0 heterocycles. The zero-order valence-corrected chi connectivity index (χ0v) is 12.7. The fourth-order valence-corrected chi connectivity index (χ4v) is 2.33. The van der Waals surface area contributed by atoms with Gasteiger partial charge >= 0.3 is 0 Å². The predicted octanol–water partition coefficient (Wildman–Crippen LogP) is 4.11. The second-order valence-electron chi connectivity index (χ2n) is 4.46. The zero-order chi connectivity index (χ0) is 13.8. The summed E-state index contributed by atoms with van der Waals surface area (Å²) < 4.78 is 20.7. The van der Waals surface area contributed by atoms with Crippen LogP contribution in [0.1, 0.15) is 12.5 Å². The summed E-state index contributed by atoms with van der Waals surface area (Å²) in [7, 11) is 0. The Morgan fingerprint density at radius 3 is 2.68 bits per heavy atom. The highest BCUT2D eigenvalue weighted by Crippen LogP contribution is 2.28. The average Bonchev–Trinajstić information content (AvgIpc) is 2.33. The van der Waals surface area contributed by atoms with Crippen molar-refractivity contribution < 1.29 is 9.13 Å². The second kappa shape index (κ2) is 6.34. The third-order valence-corrected chi connectivity index (χ3v) is 3.30. The smallest absolute Gasteiger partial charge is 0.133 e. The Labute approximate surface area is 125 Å².